The predicted octanol–water partition coefficient (Wildman–Crippen LogP) is 18.9. The average Bonchev–Trinajstić information content (AvgIpc) is 1.59. The molecule has 10 N–H and O–H groups in total. The molecule has 1 aliphatic rings. The maximum absolute atomic E-state index is 12.4. The predicted molar refractivity (Wildman–Crippen MR) is 555 cm³/mol. The van der Waals surface area contributed by atoms with E-state index in [-0.39, 0.29) is 79.2 Å². The number of aliphatic hydroxyl groups is 3. The van der Waals surface area contributed by atoms with Crippen molar-refractivity contribution in [1.29, 1.82) is 21.6 Å². The number of aliphatic hydroxyl groups excluding tert-OH is 3. The van der Waals surface area contributed by atoms with E-state index in [2.05, 4.69) is 353 Å². The van der Waals surface area contributed by atoms with Crippen LogP contribution in [0.2, 0.25) is 0 Å². The van der Waals surface area contributed by atoms with Gasteiger partial charge in [-0.05, 0) is 226 Å². The van der Waals surface area contributed by atoms with Gasteiger partial charge < -0.3 is 67.8 Å². The Kier molecular flexibility index (Phi) is 34.6. The first-order chi connectivity index (χ1) is 67.3. The van der Waals surface area contributed by atoms with Crippen LogP contribution in [0.15, 0.2) is 291 Å². The quantitative estimate of drug-likeness (QED) is 0.0177. The van der Waals surface area contributed by atoms with Crippen LogP contribution < -0.4 is 38.4 Å². The van der Waals surface area contributed by atoms with E-state index in [1.54, 1.807) is 7.05 Å². The van der Waals surface area contributed by atoms with Crippen LogP contribution in [0, 0.1) is 82.9 Å². The molecule has 4 heterocycles. The Labute approximate surface area is 815 Å². The van der Waals surface area contributed by atoms with Crippen LogP contribution in [-0.2, 0) is 58.0 Å². The molecule has 0 bridgehead atoms. The first-order valence-corrected chi connectivity index (χ1v) is 48.8. The van der Waals surface area contributed by atoms with Crippen LogP contribution >= 0.6 is 0 Å². The molecule has 0 spiro atoms. The largest absolute Gasteiger partial charge is 0.396 e. The molecule has 0 aliphatic heterocycles. The van der Waals surface area contributed by atoms with Crippen molar-refractivity contribution in [3.63, 3.8) is 0 Å². The fourth-order valence-electron chi connectivity index (χ4n) is 18.9. The number of fused-ring (bicyclic) bond motifs is 4. The topological polar surface area (TPSA) is 300 Å². The normalized spacial score (nSPS) is 13.2. The zero-order valence-corrected chi connectivity index (χ0v) is 81.9. The molecule has 6 atom stereocenters. The summed E-state index contributed by atoms with van der Waals surface area (Å²) in [6.07, 6.45) is 7.64. The number of rotatable bonds is 38. The summed E-state index contributed by atoms with van der Waals surface area (Å²) in [4.78, 5) is 48.8. The molecular weight excluding hydrogens is 1730 g/mol. The summed E-state index contributed by atoms with van der Waals surface area (Å²) in [6.45, 7) is 20.2. The maximum atomic E-state index is 12.4. The van der Waals surface area contributed by atoms with Gasteiger partial charge in [0.25, 0.3) is 0 Å². The number of ketones is 2. The number of Topliss-reactive ketones (excluding diaryl/α,β-unsaturated/α-hetero) is 2. The fraction of sp³-hybridized carbons (Fsp3) is 0.316. The molecule has 4 unspecified atom stereocenters. The third-order valence-electron chi connectivity index (χ3n) is 26.8. The number of imidazole rings is 4. The second kappa shape index (κ2) is 47.7. The Morgan fingerprint density at radius 1 is 0.331 bits per heavy atom. The van der Waals surface area contributed by atoms with E-state index in [4.69, 9.17) is 10.5 Å². The number of hydrogen-bond acceptors (Lipinski definition) is 12. The van der Waals surface area contributed by atoms with Crippen LogP contribution in [0.25, 0.3) is 44.1 Å². The number of amides is 2. The molecule has 0 saturated heterocycles. The Balaban J connectivity index is 0.000000148. The van der Waals surface area contributed by atoms with Gasteiger partial charge in [-0.3, -0.25) is 40.8 Å². The van der Waals surface area contributed by atoms with Crippen molar-refractivity contribution in [3.8, 4) is 0 Å². The first-order valence-electron chi connectivity index (χ1n) is 48.8. The lowest BCUT2D eigenvalue weighted by molar-refractivity contribution is -0.122. The first kappa shape index (κ1) is 101. The molecule has 1 saturated carbocycles. The van der Waals surface area contributed by atoms with E-state index in [9.17, 15) is 45.6 Å². The highest BCUT2D eigenvalue weighted by molar-refractivity contribution is 5.82. The summed E-state index contributed by atoms with van der Waals surface area (Å²) >= 11 is 0. The molecule has 4 aromatic heterocycles. The molecule has 17 rings (SSSR count). The van der Waals surface area contributed by atoms with E-state index in [1.807, 2.05) is 53.1 Å². The smallest absolute Gasteiger partial charge is 0.234 e. The van der Waals surface area contributed by atoms with Crippen LogP contribution in [0.1, 0.15) is 184 Å². The Bertz CT molecular complexity index is 7090. The molecule has 0 radical (unpaired) electrons. The highest BCUT2D eigenvalue weighted by Crippen LogP contribution is 2.45. The number of nitrogens with zero attached hydrogens (tertiary/aromatic N) is 8. The maximum Gasteiger partial charge on any atom is 0.234 e. The van der Waals surface area contributed by atoms with E-state index < -0.39 is 13.2 Å². The van der Waals surface area contributed by atoms with Crippen molar-refractivity contribution < 1.29 is 34.5 Å². The molecule has 12 aromatic carbocycles. The number of nitrogens with one attached hydrogen (secondary N) is 7. The van der Waals surface area contributed by atoms with Gasteiger partial charge in [0.1, 0.15) is 13.2 Å². The van der Waals surface area contributed by atoms with Crippen LogP contribution in [0.4, 0.5) is 0 Å². The monoisotopic (exact) mass is 1860 g/mol. The molecule has 16 aromatic rings. The van der Waals surface area contributed by atoms with Gasteiger partial charge in [0.05, 0.1) is 87.9 Å². The number of aryl methyl sites for hydroxylation is 8. The standard InChI is InChI=1S/C31H35N3O2.C29H34N4O2.C29H33N3O2.C28H33N5O/c1-21-7-11-23(12-8-21)19-26(17-18-27(36)20-35)33-28-5-3-4-6-29(28)34(31(33)32)30(25-15-16-25)24-13-9-22(2)10-14-24;1-21-9-13-23(14-10-21)18-25(19-31-28(35)8-5-17-34)33-27-7-4-3-6-26(27)32(29(33)30)20-24-15-11-22(2)12-16-24;1-20-8-12-23(13-9-20)18-25(16-17-26(34)19-33)32-28-7-5-4-6-27(28)31(29(32)30)22(3)24-14-10-21(2)11-15-24;1-20-8-12-22(13-9-20)16-24(17-31-27(34)18-30-3)33-26-7-5-4-6-25(26)32(28(33)29)19-23-14-10-21(2)11-15-23/h3-14,25-26,30,32,35H,15-20H2,1-2H3;3-4,6-7,9-16,25,30,34H,5,8,17-20H2,1-2H3,(H,31,35);4-15,22,25,30,33H,16-19H2,1-3H3;4-15,24,29-30H,16-19H2,1-3H3,(H,31,34)/t26-,30?;;22?,25-;/m1.1./s1. The van der Waals surface area contributed by atoms with Gasteiger partial charge in [0.15, 0.2) is 11.6 Å². The summed E-state index contributed by atoms with van der Waals surface area (Å²) in [6, 6.07) is 100. The van der Waals surface area contributed by atoms with Gasteiger partial charge in [-0.15, -0.1) is 0 Å². The number of aromatic nitrogens is 8. The zero-order chi connectivity index (χ0) is 98.3. The number of benzene rings is 12. The minimum absolute atomic E-state index is 0.00165. The molecule has 2 amide bonds. The zero-order valence-electron chi connectivity index (χ0n) is 81.9. The lowest BCUT2D eigenvalue weighted by Gasteiger charge is -2.22. The number of hydrogen-bond donors (Lipinski definition) is 10. The number of likely N-dealkylation sites (N-methyl/N-ethyl adjacent to an activating group) is 1. The van der Waals surface area contributed by atoms with Crippen molar-refractivity contribution in [2.75, 3.05) is 46.5 Å². The number of carbonyl (C=O) groups is 4. The summed E-state index contributed by atoms with van der Waals surface area (Å²) in [5.41, 5.74) is 28.9. The third-order valence-corrected chi connectivity index (χ3v) is 26.8. The molecule has 22 heteroatoms. The van der Waals surface area contributed by atoms with Crippen LogP contribution in [-0.4, -0.2) is 122 Å². The number of carbonyl (C=O) groups excluding carboxylic acids is 4. The Morgan fingerprint density at radius 3 is 0.942 bits per heavy atom. The Morgan fingerprint density at radius 2 is 0.612 bits per heavy atom. The van der Waals surface area contributed by atoms with Crippen molar-refractivity contribution in [1.82, 2.24) is 52.5 Å². The van der Waals surface area contributed by atoms with E-state index >= 15 is 0 Å². The third kappa shape index (κ3) is 25.6. The van der Waals surface area contributed by atoms with E-state index in [0.29, 0.717) is 99.5 Å². The lowest BCUT2D eigenvalue weighted by Crippen LogP contribution is -2.39. The van der Waals surface area contributed by atoms with Crippen molar-refractivity contribution in [2.24, 2.45) is 5.92 Å². The summed E-state index contributed by atoms with van der Waals surface area (Å²) in [5, 5.41) is 73.8. The van der Waals surface area contributed by atoms with Gasteiger partial charge in [-0.1, -0.05) is 287 Å². The molecule has 1 fully saturated rings. The van der Waals surface area contributed by atoms with Crippen LogP contribution in [0.3, 0.4) is 0 Å². The highest BCUT2D eigenvalue weighted by atomic mass is 16.3. The molecular formula is C117H135N15O7. The van der Waals surface area contributed by atoms with Gasteiger partial charge in [0, 0.05) is 51.0 Å². The fourth-order valence-corrected chi connectivity index (χ4v) is 18.9. The second-order valence-corrected chi connectivity index (χ2v) is 37.7. The minimum atomic E-state index is -0.443. The van der Waals surface area contributed by atoms with Crippen molar-refractivity contribution in [3.05, 3.63) is 403 Å². The molecule has 1 aliphatic carbocycles. The van der Waals surface area contributed by atoms with Gasteiger partial charge in [-0.2, -0.15) is 0 Å². The minimum Gasteiger partial charge on any atom is -0.396 e. The van der Waals surface area contributed by atoms with E-state index in [0.717, 1.165) is 79.2 Å². The van der Waals surface area contributed by atoms with Crippen molar-refractivity contribution in [2.45, 2.75) is 189 Å². The molecule has 720 valence electrons. The second-order valence-electron chi connectivity index (χ2n) is 37.7. The number of para-hydroxylation sites is 8. The highest BCUT2D eigenvalue weighted by Gasteiger charge is 2.37. The average molecular weight is 1860 g/mol. The van der Waals surface area contributed by atoms with Crippen LogP contribution in [0.5, 0.6) is 0 Å². The molecule has 22 nitrogen and oxygen atoms in total. The van der Waals surface area contributed by atoms with E-state index in [1.165, 1.54) is 79.6 Å². The van der Waals surface area contributed by atoms with Gasteiger partial charge in [-0.25, -0.2) is 0 Å². The SMILES string of the molecule is CNCC(=O)NCC(Cc1ccc(C)cc1)n1c(=N)n(Cc2ccc(C)cc2)c2ccccc21.Cc1ccc(CC(CNC(=O)CCCO)n2c(=N)n(Cc3ccc(C)cc3)c3ccccc32)cc1.Cc1ccc(C[C@@H](CCC(=O)CO)n2c(=N)n(C(C)c3ccc(C)cc3)c3ccccc32)cc1.Cc1ccc(C[C@@H](CCC(=O)CO)n2c(=N)n(C(c3ccc(C)cc3)C3CC3)c3ccccc32)cc1. The summed E-state index contributed by atoms with van der Waals surface area (Å²) in [7, 11) is 1.76. The molecule has 139 heavy (non-hydrogen) atoms. The van der Waals surface area contributed by atoms with Gasteiger partial charge in [0.2, 0.25) is 34.3 Å². The summed E-state index contributed by atoms with van der Waals surface area (Å²) < 4.78 is 16.7. The lowest BCUT2D eigenvalue weighted by atomic mass is 9.99. The van der Waals surface area contributed by atoms with Gasteiger partial charge >= 0.3 is 0 Å². The van der Waals surface area contributed by atoms with Crippen molar-refractivity contribution >= 4 is 67.5 Å². The Hall–Kier alpha value is -14.2. The summed E-state index contributed by atoms with van der Waals surface area (Å²) in [5.74, 6) is 0.0658.